The lowest BCUT2D eigenvalue weighted by Gasteiger charge is -2.56. The summed E-state index contributed by atoms with van der Waals surface area (Å²) in [5, 5.41) is 0. The Labute approximate surface area is 179 Å². The van der Waals surface area contributed by atoms with E-state index in [0.717, 1.165) is 37.0 Å². The van der Waals surface area contributed by atoms with Crippen molar-refractivity contribution in [1.82, 2.24) is 0 Å². The summed E-state index contributed by atoms with van der Waals surface area (Å²) in [6, 6.07) is 0. The Hall–Kier alpha value is -0.780. The van der Waals surface area contributed by atoms with Crippen LogP contribution in [0.1, 0.15) is 86.5 Å². The maximum absolute atomic E-state index is 14.3. The minimum atomic E-state index is -4.71. The van der Waals surface area contributed by atoms with Gasteiger partial charge in [0, 0.05) is 0 Å². The van der Waals surface area contributed by atoms with E-state index < -0.39 is 35.2 Å². The highest BCUT2D eigenvalue weighted by atomic mass is 19.4. The lowest BCUT2D eigenvalue weighted by Crippen LogP contribution is -2.56. The van der Waals surface area contributed by atoms with Crippen LogP contribution in [0.25, 0.3) is 0 Å². The van der Waals surface area contributed by atoms with E-state index in [1.165, 1.54) is 40.0 Å². The molecule has 0 radical (unpaired) electrons. The Kier molecular flexibility index (Phi) is 6.10. The quantitative estimate of drug-likeness (QED) is 0.264. The van der Waals surface area contributed by atoms with Gasteiger partial charge in [0.2, 0.25) is 0 Å². The number of carbonyl (C=O) groups is 1. The smallest absolute Gasteiger partial charge is 0.405 e. The molecule has 1 atom stereocenters. The molecule has 0 aromatic heterocycles. The largest absolute Gasteiger partial charge is 0.438 e. The monoisotopic (exact) mass is 432 g/mol. The van der Waals surface area contributed by atoms with E-state index >= 15 is 0 Å². The van der Waals surface area contributed by atoms with Crippen molar-refractivity contribution in [3.8, 4) is 0 Å². The minimum Gasteiger partial charge on any atom is -0.438 e. The van der Waals surface area contributed by atoms with Gasteiger partial charge in [-0.05, 0) is 78.9 Å². The van der Waals surface area contributed by atoms with Crippen molar-refractivity contribution < 1.29 is 27.4 Å². The summed E-state index contributed by atoms with van der Waals surface area (Å²) in [5.74, 6) is 1.09. The Bertz CT molecular complexity index is 590. The molecule has 30 heavy (non-hydrogen) atoms. The summed E-state index contributed by atoms with van der Waals surface area (Å²) in [5.41, 5.74) is -4.47. The third-order valence-electron chi connectivity index (χ3n) is 7.75. The van der Waals surface area contributed by atoms with Crippen molar-refractivity contribution in [2.24, 2.45) is 39.4 Å². The van der Waals surface area contributed by atoms with Crippen LogP contribution < -0.4 is 0 Å². The minimum absolute atomic E-state index is 0.137. The van der Waals surface area contributed by atoms with E-state index in [1.54, 1.807) is 20.8 Å². The van der Waals surface area contributed by atoms with Gasteiger partial charge in [0.15, 0.2) is 12.2 Å². The van der Waals surface area contributed by atoms with Crippen LogP contribution in [0.3, 0.4) is 0 Å². The first kappa shape index (κ1) is 23.9. The first-order valence-corrected chi connectivity index (χ1v) is 11.4. The van der Waals surface area contributed by atoms with E-state index in [0.29, 0.717) is 6.61 Å². The predicted molar refractivity (Wildman–Crippen MR) is 110 cm³/mol. The van der Waals surface area contributed by atoms with E-state index in [2.05, 4.69) is 0 Å². The molecule has 174 valence electrons. The van der Waals surface area contributed by atoms with Gasteiger partial charge in [-0.2, -0.15) is 13.2 Å². The molecule has 4 aliphatic carbocycles. The van der Waals surface area contributed by atoms with Gasteiger partial charge in [-0.15, -0.1) is 0 Å². The fraction of sp³-hybridized carbons (Fsp3) is 0.958. The molecule has 4 saturated carbocycles. The number of hydrogen-bond donors (Lipinski definition) is 0. The highest BCUT2D eigenvalue weighted by molar-refractivity contribution is 5.79. The van der Waals surface area contributed by atoms with Gasteiger partial charge in [0.05, 0.1) is 6.61 Å². The fourth-order valence-corrected chi connectivity index (χ4v) is 7.02. The second-order valence-corrected chi connectivity index (χ2v) is 12.7. The molecule has 0 amide bonds. The van der Waals surface area contributed by atoms with Crippen molar-refractivity contribution in [3.05, 3.63) is 0 Å². The first-order chi connectivity index (χ1) is 13.6. The average Bonchev–Trinajstić information content (AvgIpc) is 2.52. The SMILES string of the molecule is CC(C)(C)CC(C(=O)OCOCC12CC3CC(CC(C3)C1)C2)(C(C)(C)C)C(F)(F)F. The number of hydrogen-bond acceptors (Lipinski definition) is 3. The van der Waals surface area contributed by atoms with Crippen molar-refractivity contribution in [3.63, 3.8) is 0 Å². The lowest BCUT2D eigenvalue weighted by atomic mass is 9.50. The zero-order valence-corrected chi connectivity index (χ0v) is 19.5. The summed E-state index contributed by atoms with van der Waals surface area (Å²) < 4.78 is 53.9. The average molecular weight is 433 g/mol. The Balaban J connectivity index is 1.65. The molecular formula is C24H39F3O3. The predicted octanol–water partition coefficient (Wildman–Crippen LogP) is 6.75. The van der Waals surface area contributed by atoms with Gasteiger partial charge in [-0.25, -0.2) is 0 Å². The first-order valence-electron chi connectivity index (χ1n) is 11.4. The molecule has 0 aliphatic heterocycles. The molecule has 6 heteroatoms. The molecule has 0 aromatic rings. The van der Waals surface area contributed by atoms with Crippen LogP contribution >= 0.6 is 0 Å². The normalized spacial score (nSPS) is 33.4. The number of ether oxygens (including phenoxy) is 2. The third kappa shape index (κ3) is 4.54. The third-order valence-corrected chi connectivity index (χ3v) is 7.75. The van der Waals surface area contributed by atoms with Gasteiger partial charge in [0.25, 0.3) is 0 Å². The second kappa shape index (κ2) is 7.67. The van der Waals surface area contributed by atoms with Crippen LogP contribution in [0, 0.1) is 39.4 Å². The Morgan fingerprint density at radius 3 is 1.73 bits per heavy atom. The van der Waals surface area contributed by atoms with Crippen molar-refractivity contribution in [2.75, 3.05) is 13.4 Å². The van der Waals surface area contributed by atoms with Crippen molar-refractivity contribution in [1.29, 1.82) is 0 Å². The molecular weight excluding hydrogens is 393 g/mol. The molecule has 4 rings (SSSR count). The maximum Gasteiger partial charge on any atom is 0.405 e. The Morgan fingerprint density at radius 2 is 1.37 bits per heavy atom. The molecule has 0 heterocycles. The number of rotatable bonds is 6. The van der Waals surface area contributed by atoms with Gasteiger partial charge in [0.1, 0.15) is 0 Å². The van der Waals surface area contributed by atoms with Gasteiger partial charge < -0.3 is 9.47 Å². The molecule has 0 N–H and O–H groups in total. The van der Waals surface area contributed by atoms with Crippen LogP contribution in [0.4, 0.5) is 13.2 Å². The summed E-state index contributed by atoms with van der Waals surface area (Å²) in [4.78, 5) is 12.9. The molecule has 0 spiro atoms. The highest BCUT2D eigenvalue weighted by Gasteiger charge is 2.68. The van der Waals surface area contributed by atoms with Crippen molar-refractivity contribution in [2.45, 2.75) is 92.7 Å². The number of halogens is 3. The van der Waals surface area contributed by atoms with Crippen molar-refractivity contribution >= 4 is 5.97 Å². The van der Waals surface area contributed by atoms with Crippen LogP contribution in [0.2, 0.25) is 0 Å². The summed E-state index contributed by atoms with van der Waals surface area (Å²) in [6.07, 6.45) is 2.35. The second-order valence-electron chi connectivity index (χ2n) is 12.7. The molecule has 1 unspecified atom stereocenters. The summed E-state index contributed by atoms with van der Waals surface area (Å²) in [6.45, 7) is 9.62. The zero-order chi connectivity index (χ0) is 22.6. The van der Waals surface area contributed by atoms with E-state index in [1.807, 2.05) is 0 Å². The zero-order valence-electron chi connectivity index (χ0n) is 19.5. The molecule has 4 aliphatic rings. The molecule has 0 saturated heterocycles. The lowest BCUT2D eigenvalue weighted by molar-refractivity contribution is -0.273. The van der Waals surface area contributed by atoms with Crippen LogP contribution in [0.15, 0.2) is 0 Å². The number of alkyl halides is 3. The number of esters is 1. The Morgan fingerprint density at radius 1 is 0.900 bits per heavy atom. The standard InChI is InChI=1S/C24H39F3O3/c1-20(2,3)13-23(21(4,5)6,24(25,26)27)19(28)30-15-29-14-22-10-16-7-17(11-22)9-18(8-16)12-22/h16-18H,7-15H2,1-6H3. The molecule has 0 aromatic carbocycles. The fourth-order valence-electron chi connectivity index (χ4n) is 7.02. The van der Waals surface area contributed by atoms with E-state index in [-0.39, 0.29) is 11.8 Å². The molecule has 3 nitrogen and oxygen atoms in total. The van der Waals surface area contributed by atoms with E-state index in [4.69, 9.17) is 9.47 Å². The molecule has 4 fully saturated rings. The van der Waals surface area contributed by atoms with E-state index in [9.17, 15) is 18.0 Å². The summed E-state index contributed by atoms with van der Waals surface area (Å²) >= 11 is 0. The van der Waals surface area contributed by atoms with Crippen LogP contribution in [-0.2, 0) is 14.3 Å². The maximum atomic E-state index is 14.3. The van der Waals surface area contributed by atoms with Crippen LogP contribution in [0.5, 0.6) is 0 Å². The van der Waals surface area contributed by atoms with Gasteiger partial charge in [-0.1, -0.05) is 41.5 Å². The summed E-state index contributed by atoms with van der Waals surface area (Å²) in [7, 11) is 0. The topological polar surface area (TPSA) is 35.5 Å². The van der Waals surface area contributed by atoms with Gasteiger partial charge >= 0.3 is 12.1 Å². The number of carbonyl (C=O) groups excluding carboxylic acids is 1. The van der Waals surface area contributed by atoms with Crippen LogP contribution in [-0.4, -0.2) is 25.5 Å². The highest BCUT2D eigenvalue weighted by Crippen LogP contribution is 2.60. The molecule has 4 bridgehead atoms. The van der Waals surface area contributed by atoms with Gasteiger partial charge in [-0.3, -0.25) is 4.79 Å².